The number of para-hydroxylation sites is 2. The smallest absolute Gasteiger partial charge is 0.283 e. The summed E-state index contributed by atoms with van der Waals surface area (Å²) < 4.78 is 0. The highest BCUT2D eigenvalue weighted by molar-refractivity contribution is 6.14. The quantitative estimate of drug-likeness (QED) is 0.860. The molecule has 134 valence electrons. The molecule has 0 fully saturated rings. The summed E-state index contributed by atoms with van der Waals surface area (Å²) in [6.45, 7) is 5.78. The molecule has 5 nitrogen and oxygen atoms in total. The second-order valence-corrected chi connectivity index (χ2v) is 7.63. The Morgan fingerprint density at radius 3 is 2.62 bits per heavy atom. The van der Waals surface area contributed by atoms with E-state index in [4.69, 9.17) is 0 Å². The number of fused-ring (bicyclic) bond motifs is 2. The zero-order valence-electron chi connectivity index (χ0n) is 15.2. The number of hydrogen-bond acceptors (Lipinski definition) is 2. The summed E-state index contributed by atoms with van der Waals surface area (Å²) in [6.07, 6.45) is 0.985. The predicted octanol–water partition coefficient (Wildman–Crippen LogP) is 1.39. The van der Waals surface area contributed by atoms with Gasteiger partial charge in [0.15, 0.2) is 6.54 Å². The van der Waals surface area contributed by atoms with Crippen LogP contribution in [0.4, 0.5) is 11.4 Å². The first-order chi connectivity index (χ1) is 12.5. The fraction of sp³-hybridized carbons (Fsp3) is 0.333. The summed E-state index contributed by atoms with van der Waals surface area (Å²) in [5.74, 6) is -0.157. The molecular weight excluding hydrogens is 326 g/mol. The maximum absolute atomic E-state index is 13.2. The Morgan fingerprint density at radius 2 is 1.81 bits per heavy atom. The molecule has 1 unspecified atom stereocenters. The first-order valence-corrected chi connectivity index (χ1v) is 9.11. The topological polar surface area (TPSA) is 53.9 Å². The number of rotatable bonds is 2. The average molecular weight is 350 g/mol. The molecule has 0 saturated heterocycles. The second kappa shape index (κ2) is 6.25. The molecule has 0 aliphatic carbocycles. The zero-order valence-corrected chi connectivity index (χ0v) is 15.2. The van der Waals surface area contributed by atoms with E-state index < -0.39 is 5.54 Å². The van der Waals surface area contributed by atoms with Crippen molar-refractivity contribution in [3.8, 4) is 0 Å². The van der Waals surface area contributed by atoms with Crippen LogP contribution < -0.4 is 15.1 Å². The molecule has 2 heterocycles. The Labute approximate surface area is 153 Å². The van der Waals surface area contributed by atoms with Crippen LogP contribution in [0.25, 0.3) is 0 Å². The molecule has 5 heteroatoms. The number of carbonyl (C=O) groups is 2. The van der Waals surface area contributed by atoms with Gasteiger partial charge in [0.1, 0.15) is 12.1 Å². The summed E-state index contributed by atoms with van der Waals surface area (Å²) in [6, 6.07) is 15.9. The van der Waals surface area contributed by atoms with Crippen molar-refractivity contribution in [2.24, 2.45) is 0 Å². The predicted molar refractivity (Wildman–Crippen MR) is 101 cm³/mol. The van der Waals surface area contributed by atoms with Crippen molar-refractivity contribution in [1.82, 2.24) is 0 Å². The number of nitrogens with one attached hydrogen (secondary N) is 2. The summed E-state index contributed by atoms with van der Waals surface area (Å²) >= 11 is 0. The fourth-order valence-corrected chi connectivity index (χ4v) is 3.99. The molecule has 26 heavy (non-hydrogen) atoms. The van der Waals surface area contributed by atoms with Gasteiger partial charge in [-0.25, -0.2) is 0 Å². The summed E-state index contributed by atoms with van der Waals surface area (Å²) in [5, 5.41) is 2.91. The number of carbonyl (C=O) groups excluding carboxylic acids is 2. The molecule has 0 radical (unpaired) electrons. The Balaban J connectivity index is 1.59. The van der Waals surface area contributed by atoms with Crippen LogP contribution in [0.2, 0.25) is 0 Å². The maximum Gasteiger partial charge on any atom is 0.283 e. The Kier molecular flexibility index (Phi) is 4.04. The molecule has 2 aliphatic heterocycles. The monoisotopic (exact) mass is 350 g/mol. The van der Waals surface area contributed by atoms with Crippen molar-refractivity contribution in [3.63, 3.8) is 0 Å². The number of anilines is 2. The van der Waals surface area contributed by atoms with E-state index in [9.17, 15) is 9.59 Å². The molecule has 0 saturated carbocycles. The fourth-order valence-electron chi connectivity index (χ4n) is 3.99. The van der Waals surface area contributed by atoms with Gasteiger partial charge in [-0.2, -0.15) is 0 Å². The lowest BCUT2D eigenvalue weighted by Gasteiger charge is -2.42. The van der Waals surface area contributed by atoms with Crippen molar-refractivity contribution >= 4 is 23.2 Å². The van der Waals surface area contributed by atoms with Gasteiger partial charge in [0.05, 0.1) is 17.9 Å². The molecule has 4 rings (SSSR count). The van der Waals surface area contributed by atoms with E-state index in [1.165, 1.54) is 16.0 Å². The van der Waals surface area contributed by atoms with Gasteiger partial charge in [0.25, 0.3) is 5.91 Å². The van der Waals surface area contributed by atoms with E-state index in [-0.39, 0.29) is 11.8 Å². The first kappa shape index (κ1) is 16.8. The third-order valence-electron chi connectivity index (χ3n) is 5.47. The van der Waals surface area contributed by atoms with Crippen molar-refractivity contribution in [3.05, 3.63) is 59.7 Å². The minimum atomic E-state index is -0.904. The van der Waals surface area contributed by atoms with E-state index in [0.29, 0.717) is 12.2 Å². The second-order valence-electron chi connectivity index (χ2n) is 7.63. The SMILES string of the molecule is CC1(C)C(=O)Nc2ccccc2N1C(=O)C[NH+]1CCc2ccccc2C1. The molecule has 2 N–H and O–H groups in total. The van der Waals surface area contributed by atoms with Crippen molar-refractivity contribution in [2.45, 2.75) is 32.4 Å². The van der Waals surface area contributed by atoms with Gasteiger partial charge in [0, 0.05) is 12.0 Å². The average Bonchev–Trinajstić information content (AvgIpc) is 2.62. The minimum absolute atomic E-state index is 0.00770. The molecule has 0 aromatic heterocycles. The van der Waals surface area contributed by atoms with Gasteiger partial charge in [-0.1, -0.05) is 36.4 Å². The largest absolute Gasteiger partial charge is 0.323 e. The number of hydrogen-bond donors (Lipinski definition) is 2. The Morgan fingerprint density at radius 1 is 1.12 bits per heavy atom. The van der Waals surface area contributed by atoms with Gasteiger partial charge >= 0.3 is 0 Å². The Hall–Kier alpha value is -2.66. The highest BCUT2D eigenvalue weighted by Gasteiger charge is 2.44. The van der Waals surface area contributed by atoms with Crippen LogP contribution in [0.1, 0.15) is 25.0 Å². The molecular formula is C21H24N3O2+. The van der Waals surface area contributed by atoms with Gasteiger partial charge < -0.3 is 10.2 Å². The molecule has 1 atom stereocenters. The van der Waals surface area contributed by atoms with E-state index in [1.54, 1.807) is 18.7 Å². The lowest BCUT2D eigenvalue weighted by molar-refractivity contribution is -0.907. The minimum Gasteiger partial charge on any atom is -0.323 e. The summed E-state index contributed by atoms with van der Waals surface area (Å²) in [7, 11) is 0. The van der Waals surface area contributed by atoms with Gasteiger partial charge in [0.2, 0.25) is 5.91 Å². The first-order valence-electron chi connectivity index (χ1n) is 9.11. The van der Waals surface area contributed by atoms with Crippen LogP contribution >= 0.6 is 0 Å². The van der Waals surface area contributed by atoms with Crippen LogP contribution in [-0.4, -0.2) is 30.4 Å². The van der Waals surface area contributed by atoms with Gasteiger partial charge in [-0.3, -0.25) is 14.5 Å². The third-order valence-corrected chi connectivity index (χ3v) is 5.47. The van der Waals surface area contributed by atoms with Crippen LogP contribution in [0.15, 0.2) is 48.5 Å². The van der Waals surface area contributed by atoms with E-state index >= 15 is 0 Å². The van der Waals surface area contributed by atoms with Gasteiger partial charge in [-0.15, -0.1) is 0 Å². The van der Waals surface area contributed by atoms with E-state index in [1.807, 2.05) is 24.3 Å². The van der Waals surface area contributed by atoms with Gasteiger partial charge in [-0.05, 0) is 31.5 Å². The number of benzene rings is 2. The Bertz CT molecular complexity index is 875. The molecule has 0 spiro atoms. The molecule has 2 aromatic rings. The number of amides is 2. The van der Waals surface area contributed by atoms with Crippen molar-refractivity contribution in [2.75, 3.05) is 23.3 Å². The zero-order chi connectivity index (χ0) is 18.3. The molecule has 2 amide bonds. The lowest BCUT2D eigenvalue weighted by Crippen LogP contribution is -3.13. The van der Waals surface area contributed by atoms with Crippen LogP contribution in [0, 0.1) is 0 Å². The van der Waals surface area contributed by atoms with Crippen LogP contribution in [0.5, 0.6) is 0 Å². The highest BCUT2D eigenvalue weighted by atomic mass is 16.2. The highest BCUT2D eigenvalue weighted by Crippen LogP contribution is 2.36. The maximum atomic E-state index is 13.2. The van der Waals surface area contributed by atoms with Crippen molar-refractivity contribution < 1.29 is 14.5 Å². The third kappa shape index (κ3) is 2.78. The van der Waals surface area contributed by atoms with Crippen LogP contribution in [-0.2, 0) is 22.6 Å². The summed E-state index contributed by atoms with van der Waals surface area (Å²) in [5.41, 5.74) is 3.27. The van der Waals surface area contributed by atoms with E-state index in [0.717, 1.165) is 25.2 Å². The summed E-state index contributed by atoms with van der Waals surface area (Å²) in [4.78, 5) is 28.7. The molecule has 2 aromatic carbocycles. The molecule has 2 aliphatic rings. The van der Waals surface area contributed by atoms with E-state index in [2.05, 4.69) is 29.6 Å². The van der Waals surface area contributed by atoms with Crippen LogP contribution in [0.3, 0.4) is 0 Å². The standard InChI is InChI=1S/C21H23N3O2/c1-21(2)20(26)22-17-9-5-6-10-18(17)24(21)19(25)14-23-12-11-15-7-3-4-8-16(15)13-23/h3-10H,11-14H2,1-2H3,(H,22,26)/p+1. The lowest BCUT2D eigenvalue weighted by atomic mass is 9.95. The number of nitrogens with zero attached hydrogens (tertiary/aromatic N) is 1. The normalized spacial score (nSPS) is 20.8. The number of quaternary nitrogens is 1. The van der Waals surface area contributed by atoms with Crippen molar-refractivity contribution in [1.29, 1.82) is 0 Å². The molecule has 0 bridgehead atoms.